The molecular formula is C8H13N3O. The molecule has 1 fully saturated rings. The average Bonchev–Trinajstić information content (AvgIpc) is 2.46. The van der Waals surface area contributed by atoms with Gasteiger partial charge in [0.15, 0.2) is 0 Å². The van der Waals surface area contributed by atoms with E-state index < -0.39 is 0 Å². The van der Waals surface area contributed by atoms with E-state index in [1.165, 1.54) is 0 Å². The van der Waals surface area contributed by atoms with Gasteiger partial charge in [0, 0.05) is 25.4 Å². The maximum Gasteiger partial charge on any atom is 0.107 e. The van der Waals surface area contributed by atoms with Crippen LogP contribution >= 0.6 is 0 Å². The van der Waals surface area contributed by atoms with Gasteiger partial charge in [-0.3, -0.25) is 0 Å². The molecule has 0 spiro atoms. The Kier molecular flexibility index (Phi) is 2.39. The molecule has 0 aromatic carbocycles. The summed E-state index contributed by atoms with van der Waals surface area (Å²) in [5, 5.41) is 3.37. The molecule has 1 aromatic rings. The lowest BCUT2D eigenvalue weighted by molar-refractivity contribution is -0.00472. The van der Waals surface area contributed by atoms with Gasteiger partial charge in [-0.2, -0.15) is 0 Å². The summed E-state index contributed by atoms with van der Waals surface area (Å²) in [6, 6.07) is 0.569. The molecule has 0 unspecified atom stereocenters. The van der Waals surface area contributed by atoms with Crippen LogP contribution in [0.4, 0.5) is 0 Å². The van der Waals surface area contributed by atoms with Crippen molar-refractivity contribution in [3.63, 3.8) is 0 Å². The Bertz CT molecular complexity index is 218. The summed E-state index contributed by atoms with van der Waals surface area (Å²) in [5.74, 6) is 1.04. The summed E-state index contributed by atoms with van der Waals surface area (Å²) in [5.41, 5.74) is 0. The van der Waals surface area contributed by atoms with Gasteiger partial charge in [0.25, 0.3) is 0 Å². The van der Waals surface area contributed by atoms with Crippen LogP contribution in [-0.2, 0) is 11.2 Å². The number of aromatic nitrogens is 2. The van der Waals surface area contributed by atoms with Crippen LogP contribution < -0.4 is 5.32 Å². The van der Waals surface area contributed by atoms with Crippen molar-refractivity contribution < 1.29 is 4.74 Å². The summed E-state index contributed by atoms with van der Waals surface area (Å²) in [4.78, 5) is 7.19. The molecule has 1 aliphatic heterocycles. The molecule has 12 heavy (non-hydrogen) atoms. The molecule has 2 heterocycles. The number of imidazole rings is 1. The van der Waals surface area contributed by atoms with Gasteiger partial charge in [0.1, 0.15) is 5.82 Å². The van der Waals surface area contributed by atoms with Gasteiger partial charge in [-0.1, -0.05) is 0 Å². The Morgan fingerprint density at radius 3 is 3.17 bits per heavy atom. The molecule has 2 N–H and O–H groups in total. The number of hydrogen-bond acceptors (Lipinski definition) is 3. The molecule has 0 aliphatic carbocycles. The summed E-state index contributed by atoms with van der Waals surface area (Å²) < 4.78 is 5.04. The number of nitrogens with one attached hydrogen (secondary N) is 2. The van der Waals surface area contributed by atoms with Gasteiger partial charge in [0.05, 0.1) is 19.3 Å². The maximum atomic E-state index is 5.04. The summed E-state index contributed by atoms with van der Waals surface area (Å²) in [6.45, 7) is 2.69. The Labute approximate surface area is 71.3 Å². The van der Waals surface area contributed by atoms with Crippen LogP contribution in [0.1, 0.15) is 5.82 Å². The van der Waals surface area contributed by atoms with E-state index in [2.05, 4.69) is 15.3 Å². The molecule has 0 amide bonds. The first-order chi connectivity index (χ1) is 5.95. The van der Waals surface area contributed by atoms with Crippen LogP contribution in [0.25, 0.3) is 0 Å². The zero-order valence-corrected chi connectivity index (χ0v) is 6.92. The van der Waals surface area contributed by atoms with Crippen molar-refractivity contribution in [1.29, 1.82) is 0 Å². The largest absolute Gasteiger partial charge is 0.378 e. The molecule has 0 atom stereocenters. The highest BCUT2D eigenvalue weighted by Crippen LogP contribution is 1.99. The molecule has 1 aliphatic rings. The fourth-order valence-electron chi connectivity index (χ4n) is 1.18. The lowest BCUT2D eigenvalue weighted by Crippen LogP contribution is -2.46. The Balaban J connectivity index is 1.62. The monoisotopic (exact) mass is 167 g/mol. The van der Waals surface area contributed by atoms with E-state index in [0.29, 0.717) is 6.04 Å². The first-order valence-corrected chi connectivity index (χ1v) is 4.24. The fraction of sp³-hybridized carbons (Fsp3) is 0.625. The smallest absolute Gasteiger partial charge is 0.107 e. The minimum Gasteiger partial charge on any atom is -0.378 e. The van der Waals surface area contributed by atoms with Gasteiger partial charge >= 0.3 is 0 Å². The third kappa shape index (κ3) is 1.84. The standard InChI is InChI=1S/C8H13N3O/c1(8-10-3-4-11-8)2-9-7-5-12-6-7/h3-4,7,9H,1-2,5-6H2,(H,10,11). The fourth-order valence-corrected chi connectivity index (χ4v) is 1.18. The van der Waals surface area contributed by atoms with E-state index >= 15 is 0 Å². The van der Waals surface area contributed by atoms with E-state index in [9.17, 15) is 0 Å². The number of rotatable bonds is 4. The zero-order valence-electron chi connectivity index (χ0n) is 6.92. The van der Waals surface area contributed by atoms with E-state index in [1.807, 2.05) is 6.20 Å². The number of hydrogen-bond donors (Lipinski definition) is 2. The average molecular weight is 167 g/mol. The molecule has 0 saturated carbocycles. The highest BCUT2D eigenvalue weighted by atomic mass is 16.5. The Hall–Kier alpha value is -0.870. The summed E-state index contributed by atoms with van der Waals surface area (Å²) >= 11 is 0. The van der Waals surface area contributed by atoms with Crippen LogP contribution in [0.3, 0.4) is 0 Å². The molecule has 0 radical (unpaired) electrons. The number of ether oxygens (including phenoxy) is 1. The van der Waals surface area contributed by atoms with Crippen LogP contribution in [0.2, 0.25) is 0 Å². The SMILES string of the molecule is c1c[nH]c(CCNC2COC2)n1. The topological polar surface area (TPSA) is 49.9 Å². The van der Waals surface area contributed by atoms with E-state index in [0.717, 1.165) is 32.0 Å². The summed E-state index contributed by atoms with van der Waals surface area (Å²) in [7, 11) is 0. The van der Waals surface area contributed by atoms with Gasteiger partial charge in [-0.25, -0.2) is 4.98 Å². The predicted octanol–water partition coefficient (Wildman–Crippen LogP) is -0.0594. The minimum atomic E-state index is 0.569. The van der Waals surface area contributed by atoms with Gasteiger partial charge in [-0.05, 0) is 0 Å². The summed E-state index contributed by atoms with van der Waals surface area (Å²) in [6.07, 6.45) is 4.59. The number of aromatic amines is 1. The lowest BCUT2D eigenvalue weighted by Gasteiger charge is -2.26. The predicted molar refractivity (Wildman–Crippen MR) is 44.9 cm³/mol. The second-order valence-corrected chi connectivity index (χ2v) is 2.97. The van der Waals surface area contributed by atoms with Crippen molar-refractivity contribution in [2.24, 2.45) is 0 Å². The highest BCUT2D eigenvalue weighted by Gasteiger charge is 2.16. The van der Waals surface area contributed by atoms with E-state index in [-0.39, 0.29) is 0 Å². The van der Waals surface area contributed by atoms with Gasteiger partial charge in [0.2, 0.25) is 0 Å². The van der Waals surface area contributed by atoms with E-state index in [4.69, 9.17) is 4.74 Å². The molecule has 0 bridgehead atoms. The molecule has 1 saturated heterocycles. The molecular weight excluding hydrogens is 154 g/mol. The normalized spacial score (nSPS) is 17.7. The first kappa shape index (κ1) is 7.76. The molecule has 2 rings (SSSR count). The van der Waals surface area contributed by atoms with Crippen molar-refractivity contribution in [3.8, 4) is 0 Å². The third-order valence-corrected chi connectivity index (χ3v) is 1.99. The van der Waals surface area contributed by atoms with Gasteiger partial charge in [-0.15, -0.1) is 0 Å². The highest BCUT2D eigenvalue weighted by molar-refractivity contribution is 4.88. The Morgan fingerprint density at radius 2 is 2.58 bits per heavy atom. The van der Waals surface area contributed by atoms with Crippen molar-refractivity contribution in [3.05, 3.63) is 18.2 Å². The maximum absolute atomic E-state index is 5.04. The second-order valence-electron chi connectivity index (χ2n) is 2.97. The van der Waals surface area contributed by atoms with E-state index in [1.54, 1.807) is 6.20 Å². The van der Waals surface area contributed by atoms with Crippen molar-refractivity contribution in [2.75, 3.05) is 19.8 Å². The quantitative estimate of drug-likeness (QED) is 0.660. The minimum absolute atomic E-state index is 0.569. The zero-order chi connectivity index (χ0) is 8.23. The number of nitrogens with zero attached hydrogens (tertiary/aromatic N) is 1. The Morgan fingerprint density at radius 1 is 1.67 bits per heavy atom. The first-order valence-electron chi connectivity index (χ1n) is 4.24. The van der Waals surface area contributed by atoms with Crippen LogP contribution in [-0.4, -0.2) is 35.8 Å². The van der Waals surface area contributed by atoms with Crippen molar-refractivity contribution >= 4 is 0 Å². The van der Waals surface area contributed by atoms with Crippen LogP contribution in [0.15, 0.2) is 12.4 Å². The lowest BCUT2D eigenvalue weighted by atomic mass is 10.2. The molecule has 1 aromatic heterocycles. The second kappa shape index (κ2) is 3.69. The van der Waals surface area contributed by atoms with Crippen LogP contribution in [0.5, 0.6) is 0 Å². The molecule has 4 heteroatoms. The molecule has 4 nitrogen and oxygen atoms in total. The van der Waals surface area contributed by atoms with Crippen LogP contribution in [0, 0.1) is 0 Å². The van der Waals surface area contributed by atoms with Crippen molar-refractivity contribution in [2.45, 2.75) is 12.5 Å². The van der Waals surface area contributed by atoms with Crippen molar-refractivity contribution in [1.82, 2.24) is 15.3 Å². The molecule has 66 valence electrons. The third-order valence-electron chi connectivity index (χ3n) is 1.99. The van der Waals surface area contributed by atoms with Gasteiger partial charge < -0.3 is 15.0 Å². The number of H-pyrrole nitrogens is 1.